The SMILES string of the molecule is C=C(CN1CCC(CCC)C1)[B-](F)(F)F. The van der Waals surface area contributed by atoms with Crippen LogP contribution in [0.5, 0.6) is 0 Å². The molecule has 1 fully saturated rings. The van der Waals surface area contributed by atoms with Gasteiger partial charge in [-0.2, -0.15) is 0 Å². The molecule has 1 aliphatic heterocycles. The molecule has 0 bridgehead atoms. The van der Waals surface area contributed by atoms with Gasteiger partial charge in [0.05, 0.1) is 0 Å². The van der Waals surface area contributed by atoms with Crippen LogP contribution in [-0.2, 0) is 0 Å². The van der Waals surface area contributed by atoms with Gasteiger partial charge in [0, 0.05) is 6.54 Å². The Morgan fingerprint density at radius 2 is 2.13 bits per heavy atom. The van der Waals surface area contributed by atoms with Crippen LogP contribution < -0.4 is 0 Å². The van der Waals surface area contributed by atoms with E-state index in [4.69, 9.17) is 0 Å². The predicted molar refractivity (Wildman–Crippen MR) is 57.7 cm³/mol. The molecule has 0 aromatic heterocycles. The highest BCUT2D eigenvalue weighted by Crippen LogP contribution is 2.24. The molecule has 1 rings (SSSR count). The summed E-state index contributed by atoms with van der Waals surface area (Å²) in [5.41, 5.74) is -0.563. The summed E-state index contributed by atoms with van der Waals surface area (Å²) in [5.74, 6) is 0.587. The third kappa shape index (κ3) is 3.90. The number of halogens is 3. The molecule has 1 aliphatic rings. The third-order valence-electron chi connectivity index (χ3n) is 2.96. The third-order valence-corrected chi connectivity index (χ3v) is 2.96. The van der Waals surface area contributed by atoms with Crippen molar-refractivity contribution in [2.75, 3.05) is 19.6 Å². The first-order chi connectivity index (χ1) is 6.93. The molecule has 15 heavy (non-hydrogen) atoms. The highest BCUT2D eigenvalue weighted by atomic mass is 19.4. The van der Waals surface area contributed by atoms with E-state index in [1.165, 1.54) is 0 Å². The van der Waals surface area contributed by atoms with Crippen LogP contribution in [0.1, 0.15) is 26.2 Å². The monoisotopic (exact) mass is 220 g/mol. The fourth-order valence-corrected chi connectivity index (χ4v) is 2.09. The zero-order valence-corrected chi connectivity index (χ0v) is 9.19. The first-order valence-corrected chi connectivity index (χ1v) is 5.53. The first kappa shape index (κ1) is 12.6. The van der Waals surface area contributed by atoms with E-state index in [1.54, 1.807) is 0 Å². The summed E-state index contributed by atoms with van der Waals surface area (Å²) >= 11 is 0. The van der Waals surface area contributed by atoms with E-state index in [0.29, 0.717) is 5.92 Å². The minimum absolute atomic E-state index is 0.00368. The number of rotatable bonds is 5. The van der Waals surface area contributed by atoms with Crippen LogP contribution >= 0.6 is 0 Å². The van der Waals surface area contributed by atoms with Gasteiger partial charge in [-0.1, -0.05) is 13.3 Å². The maximum atomic E-state index is 12.3. The normalized spacial score (nSPS) is 23.3. The molecule has 0 aromatic rings. The van der Waals surface area contributed by atoms with Crippen LogP contribution in [0.3, 0.4) is 0 Å². The van der Waals surface area contributed by atoms with Gasteiger partial charge < -0.3 is 17.8 Å². The Balaban J connectivity index is 2.33. The Morgan fingerprint density at radius 1 is 1.47 bits per heavy atom. The van der Waals surface area contributed by atoms with Gasteiger partial charge in [0.25, 0.3) is 0 Å². The largest absolute Gasteiger partial charge is 0.506 e. The van der Waals surface area contributed by atoms with Crippen molar-refractivity contribution in [3.05, 3.63) is 12.1 Å². The Kier molecular flexibility index (Phi) is 4.26. The van der Waals surface area contributed by atoms with Gasteiger partial charge in [-0.15, -0.1) is 12.1 Å². The van der Waals surface area contributed by atoms with Gasteiger partial charge in [0.15, 0.2) is 0 Å². The summed E-state index contributed by atoms with van der Waals surface area (Å²) in [5, 5.41) is 0. The van der Waals surface area contributed by atoms with Gasteiger partial charge in [-0.05, 0) is 31.8 Å². The second-order valence-electron chi connectivity index (χ2n) is 4.41. The van der Waals surface area contributed by atoms with E-state index >= 15 is 0 Å². The van der Waals surface area contributed by atoms with Crippen molar-refractivity contribution in [2.45, 2.75) is 26.2 Å². The standard InChI is InChI=1S/C10H18BF3N/c1-3-4-10-5-6-15(8-10)7-9(2)11(12,13)14/h10H,2-8H2,1H3/q-1. The van der Waals surface area contributed by atoms with Crippen molar-refractivity contribution in [2.24, 2.45) is 5.92 Å². The van der Waals surface area contributed by atoms with Crippen LogP contribution in [0, 0.1) is 5.92 Å². The van der Waals surface area contributed by atoms with E-state index in [0.717, 1.165) is 32.4 Å². The molecule has 0 saturated carbocycles. The molecule has 5 heteroatoms. The van der Waals surface area contributed by atoms with Gasteiger partial charge in [0.1, 0.15) is 0 Å². The van der Waals surface area contributed by atoms with E-state index in [9.17, 15) is 12.9 Å². The van der Waals surface area contributed by atoms with Gasteiger partial charge >= 0.3 is 6.98 Å². The molecule has 1 nitrogen and oxygen atoms in total. The van der Waals surface area contributed by atoms with Crippen molar-refractivity contribution in [1.29, 1.82) is 0 Å². The Labute approximate surface area is 89.4 Å². The summed E-state index contributed by atoms with van der Waals surface area (Å²) in [6.07, 6.45) is 3.27. The van der Waals surface area contributed by atoms with Crippen molar-refractivity contribution >= 4 is 6.98 Å². The molecular formula is C10H18BF3N-. The summed E-state index contributed by atoms with van der Waals surface area (Å²) in [6.45, 7) is 1.98. The lowest BCUT2D eigenvalue weighted by atomic mass is 9.80. The summed E-state index contributed by atoms with van der Waals surface area (Å²) in [6, 6.07) is 0. The number of nitrogens with zero attached hydrogens (tertiary/aromatic N) is 1. The Morgan fingerprint density at radius 3 is 2.67 bits per heavy atom. The zero-order valence-electron chi connectivity index (χ0n) is 9.19. The summed E-state index contributed by atoms with van der Waals surface area (Å²) < 4.78 is 36.9. The average Bonchev–Trinajstić information content (AvgIpc) is 2.51. The van der Waals surface area contributed by atoms with Crippen molar-refractivity contribution in [3.63, 3.8) is 0 Å². The fraction of sp³-hybridized carbons (Fsp3) is 0.800. The summed E-state index contributed by atoms with van der Waals surface area (Å²) in [7, 11) is 0. The Bertz CT molecular complexity index is 227. The number of likely N-dealkylation sites (tertiary alicyclic amines) is 1. The quantitative estimate of drug-likeness (QED) is 0.643. The maximum Gasteiger partial charge on any atom is 0.506 e. The number of hydrogen-bond donors (Lipinski definition) is 0. The van der Waals surface area contributed by atoms with Crippen LogP contribution in [0.25, 0.3) is 0 Å². The maximum absolute atomic E-state index is 12.3. The van der Waals surface area contributed by atoms with E-state index in [2.05, 4.69) is 13.5 Å². The van der Waals surface area contributed by atoms with Crippen LogP contribution in [0.4, 0.5) is 12.9 Å². The molecule has 0 amide bonds. The van der Waals surface area contributed by atoms with Crippen molar-refractivity contribution in [1.82, 2.24) is 4.90 Å². The molecule has 1 saturated heterocycles. The molecular weight excluding hydrogens is 202 g/mol. The summed E-state index contributed by atoms with van der Waals surface area (Å²) in [4.78, 5) is 1.87. The van der Waals surface area contributed by atoms with Crippen LogP contribution in [0.2, 0.25) is 0 Å². The smallest absolute Gasteiger partial charge is 0.445 e. The van der Waals surface area contributed by atoms with Crippen LogP contribution in [0.15, 0.2) is 12.1 Å². The lowest BCUT2D eigenvalue weighted by Gasteiger charge is -2.23. The highest BCUT2D eigenvalue weighted by Gasteiger charge is 2.30. The van der Waals surface area contributed by atoms with E-state index < -0.39 is 12.4 Å². The molecule has 1 heterocycles. The van der Waals surface area contributed by atoms with Gasteiger partial charge in [0.2, 0.25) is 0 Å². The number of hydrogen-bond acceptors (Lipinski definition) is 1. The van der Waals surface area contributed by atoms with E-state index in [-0.39, 0.29) is 6.54 Å². The molecule has 1 unspecified atom stereocenters. The molecule has 0 spiro atoms. The molecule has 1 atom stereocenters. The van der Waals surface area contributed by atoms with E-state index in [1.807, 2.05) is 4.90 Å². The molecule has 88 valence electrons. The average molecular weight is 220 g/mol. The minimum Gasteiger partial charge on any atom is -0.445 e. The molecule has 0 aromatic carbocycles. The second-order valence-corrected chi connectivity index (χ2v) is 4.41. The second kappa shape index (κ2) is 5.06. The first-order valence-electron chi connectivity index (χ1n) is 5.53. The van der Waals surface area contributed by atoms with Crippen molar-refractivity contribution in [3.8, 4) is 0 Å². The van der Waals surface area contributed by atoms with Gasteiger partial charge in [-0.25, -0.2) is 0 Å². The van der Waals surface area contributed by atoms with Crippen molar-refractivity contribution < 1.29 is 12.9 Å². The fourth-order valence-electron chi connectivity index (χ4n) is 2.09. The van der Waals surface area contributed by atoms with Crippen LogP contribution in [-0.4, -0.2) is 31.5 Å². The lowest BCUT2D eigenvalue weighted by molar-refractivity contribution is 0.342. The zero-order chi connectivity index (χ0) is 11.5. The molecule has 0 aliphatic carbocycles. The minimum atomic E-state index is -4.85. The topological polar surface area (TPSA) is 3.24 Å². The highest BCUT2D eigenvalue weighted by molar-refractivity contribution is 6.66. The molecule has 0 radical (unpaired) electrons. The lowest BCUT2D eigenvalue weighted by Crippen LogP contribution is -2.31. The Hall–Kier alpha value is -0.445. The van der Waals surface area contributed by atoms with Gasteiger partial charge in [-0.3, -0.25) is 0 Å². The molecule has 0 N–H and O–H groups in total. The predicted octanol–water partition coefficient (Wildman–Crippen LogP) is 3.05.